The molecule has 6 atom stereocenters. The van der Waals surface area contributed by atoms with Gasteiger partial charge in [0.2, 0.25) is 17.7 Å². The van der Waals surface area contributed by atoms with Gasteiger partial charge in [-0.2, -0.15) is 0 Å². The molecule has 17 heteroatoms. The second kappa shape index (κ2) is 25.2. The number of carbonyl (C=O) groups excluding carboxylic acids is 5. The van der Waals surface area contributed by atoms with Gasteiger partial charge in [-0.05, 0) is 95.0 Å². The van der Waals surface area contributed by atoms with E-state index in [0.29, 0.717) is 16.7 Å². The third kappa shape index (κ3) is 18.5. The molecule has 17 nitrogen and oxygen atoms in total. The Morgan fingerprint density at radius 3 is 1.22 bits per heavy atom. The number of benzene rings is 4. The highest BCUT2D eigenvalue weighted by atomic mass is 16.6. The molecule has 0 bridgehead atoms. The van der Waals surface area contributed by atoms with Crippen LogP contribution in [-0.4, -0.2) is 93.3 Å². The fourth-order valence-corrected chi connectivity index (χ4v) is 7.11. The van der Waals surface area contributed by atoms with Crippen LogP contribution >= 0.6 is 0 Å². The van der Waals surface area contributed by atoms with Crippen molar-refractivity contribution < 1.29 is 63.1 Å². The van der Waals surface area contributed by atoms with E-state index in [-0.39, 0.29) is 25.0 Å². The second-order valence-corrected chi connectivity index (χ2v) is 17.2. The molecule has 0 fully saturated rings. The first-order valence-electron chi connectivity index (χ1n) is 21.7. The highest BCUT2D eigenvalue weighted by Gasteiger charge is 2.37. The lowest BCUT2D eigenvalue weighted by molar-refractivity contribution is -0.145. The Bertz CT molecular complexity index is 2300. The lowest BCUT2D eigenvalue weighted by Gasteiger charge is -2.29. The molecule has 4 rings (SSSR count). The zero-order valence-corrected chi connectivity index (χ0v) is 37.8. The average molecular weight is 923 g/mol. The summed E-state index contributed by atoms with van der Waals surface area (Å²) >= 11 is 0. The number of nitrogens with one attached hydrogen (secondary N) is 4. The molecule has 356 valence electrons. The Kier molecular flexibility index (Phi) is 19.6. The van der Waals surface area contributed by atoms with Gasteiger partial charge in [-0.25, -0.2) is 9.59 Å². The Hall–Kier alpha value is -7.56. The normalized spacial score (nSPS) is 13.8. The number of carboxylic acid groups (broad SMARTS) is 3. The highest BCUT2D eigenvalue weighted by Crippen LogP contribution is 2.21. The molecule has 0 heterocycles. The van der Waals surface area contributed by atoms with Gasteiger partial charge in [-0.3, -0.25) is 28.8 Å². The van der Waals surface area contributed by atoms with Gasteiger partial charge < -0.3 is 46.1 Å². The van der Waals surface area contributed by atoms with Crippen molar-refractivity contribution in [3.8, 4) is 5.75 Å². The van der Waals surface area contributed by atoms with Crippen LogP contribution in [-0.2, 0) is 57.6 Å². The minimum atomic E-state index is -1.78. The van der Waals surface area contributed by atoms with Crippen LogP contribution in [0.1, 0.15) is 62.3 Å². The molecule has 0 aromatic heterocycles. The van der Waals surface area contributed by atoms with Gasteiger partial charge in [-0.1, -0.05) is 109 Å². The van der Waals surface area contributed by atoms with Crippen LogP contribution in [0.4, 0.5) is 4.79 Å². The van der Waals surface area contributed by atoms with Crippen molar-refractivity contribution in [1.82, 2.24) is 21.3 Å². The van der Waals surface area contributed by atoms with E-state index in [1.54, 1.807) is 136 Å². The molecular formula is C50H58N4O13. The van der Waals surface area contributed by atoms with E-state index in [1.807, 2.05) is 6.92 Å². The van der Waals surface area contributed by atoms with Crippen LogP contribution in [0.15, 0.2) is 115 Å². The first kappa shape index (κ1) is 52.1. The van der Waals surface area contributed by atoms with Gasteiger partial charge in [0.05, 0.1) is 17.8 Å². The average Bonchev–Trinajstić information content (AvgIpc) is 3.27. The number of carboxylic acids is 3. The van der Waals surface area contributed by atoms with Crippen molar-refractivity contribution in [2.24, 2.45) is 17.8 Å². The van der Waals surface area contributed by atoms with Crippen molar-refractivity contribution in [2.45, 2.75) is 89.9 Å². The van der Waals surface area contributed by atoms with Gasteiger partial charge in [0, 0.05) is 0 Å². The zero-order chi connectivity index (χ0) is 49.1. The molecule has 0 aliphatic carbocycles. The summed E-state index contributed by atoms with van der Waals surface area (Å²) < 4.78 is 10.7. The number of hydrogen-bond acceptors (Lipinski definition) is 10. The molecular weight excluding hydrogens is 865 g/mol. The second-order valence-electron chi connectivity index (χ2n) is 17.2. The van der Waals surface area contributed by atoms with Gasteiger partial charge in [-0.15, -0.1) is 0 Å². The summed E-state index contributed by atoms with van der Waals surface area (Å²) in [6, 6.07) is 26.9. The lowest BCUT2D eigenvalue weighted by Crippen LogP contribution is -2.58. The number of carbonyl (C=O) groups is 8. The monoisotopic (exact) mass is 922 g/mol. The van der Waals surface area contributed by atoms with E-state index in [2.05, 4.69) is 21.3 Å². The standard InChI is InChI=1S/C50H58N4O13/c1-31-20-22-38(23-21-31)66-42(55)30-51-43(56)39(27-35(46(59)60)24-32-14-8-5-9-15-32)52-44(57)40(28-36(47(61)62)25-33-16-10-6-11-17-33)53-45(58)41(54-49(65)67-50(2,3)4)29-37(48(63)64)26-34-18-12-7-13-19-34/h5-23,35-37,39-41H,24-30H2,1-4H3,(H,51,56)(H,52,57)(H,53,58)(H,54,65)(H,59,60)(H,61,62)(H,63,64). The summed E-state index contributed by atoms with van der Waals surface area (Å²) in [6.45, 7) is 5.87. The maximum absolute atomic E-state index is 14.6. The lowest BCUT2D eigenvalue weighted by atomic mass is 9.90. The Labute approximate surface area is 388 Å². The SMILES string of the molecule is Cc1ccc(OC(=O)CNC(=O)C(CC(Cc2ccccc2)C(=O)O)NC(=O)C(CC(Cc2ccccc2)C(=O)O)NC(=O)C(CC(Cc2ccccc2)C(=O)O)NC(=O)OC(C)(C)C)cc1. The first-order chi connectivity index (χ1) is 31.8. The third-order valence-electron chi connectivity index (χ3n) is 10.5. The Morgan fingerprint density at radius 1 is 0.507 bits per heavy atom. The fraction of sp³-hybridized carbons (Fsp3) is 0.360. The summed E-state index contributed by atoms with van der Waals surface area (Å²) in [7, 11) is 0. The van der Waals surface area contributed by atoms with Crippen molar-refractivity contribution in [3.05, 3.63) is 138 Å². The van der Waals surface area contributed by atoms with Crippen molar-refractivity contribution in [3.63, 3.8) is 0 Å². The molecule has 4 amide bonds. The number of aliphatic carboxylic acids is 3. The third-order valence-corrected chi connectivity index (χ3v) is 10.5. The van der Waals surface area contributed by atoms with E-state index >= 15 is 0 Å². The van der Waals surface area contributed by atoms with E-state index in [0.717, 1.165) is 5.56 Å². The number of amides is 4. The van der Waals surface area contributed by atoms with E-state index < -0.39 is 115 Å². The summed E-state index contributed by atoms with van der Waals surface area (Å²) in [5.74, 6) is -11.7. The summed E-state index contributed by atoms with van der Waals surface area (Å²) in [5, 5.41) is 40.9. The fourth-order valence-electron chi connectivity index (χ4n) is 7.11. The van der Waals surface area contributed by atoms with Gasteiger partial charge >= 0.3 is 30.0 Å². The van der Waals surface area contributed by atoms with Gasteiger partial charge in [0.1, 0.15) is 36.0 Å². The minimum Gasteiger partial charge on any atom is -0.481 e. The molecule has 0 saturated heterocycles. The largest absolute Gasteiger partial charge is 0.481 e. The number of aryl methyl sites for hydroxylation is 1. The van der Waals surface area contributed by atoms with E-state index in [4.69, 9.17) is 9.47 Å². The van der Waals surface area contributed by atoms with Crippen molar-refractivity contribution in [1.29, 1.82) is 0 Å². The molecule has 67 heavy (non-hydrogen) atoms. The van der Waals surface area contributed by atoms with Crippen LogP contribution in [0.5, 0.6) is 5.75 Å². The Morgan fingerprint density at radius 2 is 0.866 bits per heavy atom. The molecule has 0 aliphatic heterocycles. The van der Waals surface area contributed by atoms with Crippen LogP contribution in [0.2, 0.25) is 0 Å². The molecule has 4 aromatic rings. The number of esters is 1. The predicted octanol–water partition coefficient (Wildman–Crippen LogP) is 4.88. The molecule has 6 unspecified atom stereocenters. The maximum atomic E-state index is 14.6. The summed E-state index contributed by atoms with van der Waals surface area (Å²) in [5.41, 5.74) is 1.66. The number of hydrogen-bond donors (Lipinski definition) is 7. The number of ether oxygens (including phenoxy) is 2. The summed E-state index contributed by atoms with van der Waals surface area (Å²) in [4.78, 5) is 107. The van der Waals surface area contributed by atoms with E-state index in [9.17, 15) is 53.7 Å². The topological polar surface area (TPSA) is 264 Å². The minimum absolute atomic E-state index is 0.0545. The Balaban J connectivity index is 1.70. The van der Waals surface area contributed by atoms with Crippen molar-refractivity contribution in [2.75, 3.05) is 6.54 Å². The van der Waals surface area contributed by atoms with Crippen LogP contribution in [0.3, 0.4) is 0 Å². The molecule has 0 saturated carbocycles. The molecule has 7 N–H and O–H groups in total. The maximum Gasteiger partial charge on any atom is 0.408 e. The highest BCUT2D eigenvalue weighted by molar-refractivity contribution is 5.95. The smallest absolute Gasteiger partial charge is 0.408 e. The first-order valence-corrected chi connectivity index (χ1v) is 21.7. The zero-order valence-electron chi connectivity index (χ0n) is 37.8. The number of alkyl carbamates (subject to hydrolysis) is 1. The molecule has 4 aromatic carbocycles. The van der Waals surface area contributed by atoms with Crippen LogP contribution in [0.25, 0.3) is 0 Å². The quantitative estimate of drug-likeness (QED) is 0.0366. The van der Waals surface area contributed by atoms with Crippen LogP contribution in [0, 0.1) is 24.7 Å². The van der Waals surface area contributed by atoms with Gasteiger partial charge in [0.25, 0.3) is 0 Å². The van der Waals surface area contributed by atoms with Gasteiger partial charge in [0.15, 0.2) is 0 Å². The summed E-state index contributed by atoms with van der Waals surface area (Å²) in [6.07, 6.45) is -2.93. The molecule has 0 radical (unpaired) electrons. The van der Waals surface area contributed by atoms with Crippen molar-refractivity contribution >= 4 is 47.7 Å². The molecule has 0 spiro atoms. The predicted molar refractivity (Wildman–Crippen MR) is 245 cm³/mol. The van der Waals surface area contributed by atoms with Crippen LogP contribution < -0.4 is 26.0 Å². The van der Waals surface area contributed by atoms with E-state index in [1.165, 1.54) is 0 Å². The number of rotatable bonds is 24. The molecule has 0 aliphatic rings.